The molecule has 6 heteroatoms. The van der Waals surface area contributed by atoms with Crippen LogP contribution in [0.15, 0.2) is 0 Å². The average Bonchev–Trinajstić information content (AvgIpc) is 2.62. The lowest BCUT2D eigenvalue weighted by Crippen LogP contribution is -2.46. The van der Waals surface area contributed by atoms with Crippen LogP contribution in [-0.2, 0) is 4.79 Å². The Morgan fingerprint density at radius 3 is 2.21 bits per heavy atom. The molecule has 0 aromatic carbocycles. The Labute approximate surface area is 129 Å². The maximum absolute atomic E-state index is 11.9. The van der Waals surface area contributed by atoms with Crippen LogP contribution in [-0.4, -0.2) is 49.6 Å². The molecule has 0 aromatic heterocycles. The minimum atomic E-state index is 0. The minimum Gasteiger partial charge on any atom is -0.353 e. The van der Waals surface area contributed by atoms with E-state index in [9.17, 15) is 4.79 Å². The SMILES string of the molecule is CCNCCNC(=O)C(C)N1CCCCCC1.Cl.Cl. The lowest BCUT2D eigenvalue weighted by molar-refractivity contribution is -0.125. The lowest BCUT2D eigenvalue weighted by atomic mass is 10.2. The minimum absolute atomic E-state index is 0. The molecule has 0 spiro atoms. The van der Waals surface area contributed by atoms with Gasteiger partial charge in [0.2, 0.25) is 5.91 Å². The van der Waals surface area contributed by atoms with Crippen molar-refractivity contribution in [2.75, 3.05) is 32.7 Å². The number of amides is 1. The third kappa shape index (κ3) is 8.69. The van der Waals surface area contributed by atoms with Gasteiger partial charge in [0.25, 0.3) is 0 Å². The highest BCUT2D eigenvalue weighted by molar-refractivity contribution is 5.85. The van der Waals surface area contributed by atoms with Crippen LogP contribution in [0.1, 0.15) is 39.5 Å². The first-order valence-electron chi connectivity index (χ1n) is 6.98. The van der Waals surface area contributed by atoms with Gasteiger partial charge in [0, 0.05) is 13.1 Å². The summed E-state index contributed by atoms with van der Waals surface area (Å²) in [7, 11) is 0. The molecule has 1 atom stereocenters. The van der Waals surface area contributed by atoms with Crippen LogP contribution in [0.3, 0.4) is 0 Å². The molecule has 1 rings (SSSR count). The van der Waals surface area contributed by atoms with E-state index in [1.165, 1.54) is 25.7 Å². The fraction of sp³-hybridized carbons (Fsp3) is 0.923. The van der Waals surface area contributed by atoms with Crippen LogP contribution in [0.5, 0.6) is 0 Å². The van der Waals surface area contributed by atoms with Crippen molar-refractivity contribution in [3.05, 3.63) is 0 Å². The predicted molar refractivity (Wildman–Crippen MR) is 85.6 cm³/mol. The summed E-state index contributed by atoms with van der Waals surface area (Å²) in [6.45, 7) is 8.77. The van der Waals surface area contributed by atoms with Crippen molar-refractivity contribution >= 4 is 30.7 Å². The summed E-state index contributed by atoms with van der Waals surface area (Å²) in [5.74, 6) is 0.171. The van der Waals surface area contributed by atoms with E-state index in [0.29, 0.717) is 0 Å². The van der Waals surface area contributed by atoms with E-state index in [2.05, 4.69) is 22.5 Å². The fourth-order valence-electron chi connectivity index (χ4n) is 2.25. The molecule has 0 radical (unpaired) electrons. The summed E-state index contributed by atoms with van der Waals surface area (Å²) in [5.41, 5.74) is 0. The number of carbonyl (C=O) groups is 1. The van der Waals surface area contributed by atoms with E-state index < -0.39 is 0 Å². The molecule has 0 bridgehead atoms. The molecule has 1 saturated heterocycles. The Morgan fingerprint density at radius 1 is 1.11 bits per heavy atom. The Morgan fingerprint density at radius 2 is 1.68 bits per heavy atom. The normalized spacial score (nSPS) is 17.6. The van der Waals surface area contributed by atoms with Crippen molar-refractivity contribution in [3.63, 3.8) is 0 Å². The molecule has 1 unspecified atom stereocenters. The van der Waals surface area contributed by atoms with Gasteiger partial charge in [-0.25, -0.2) is 0 Å². The molecule has 0 saturated carbocycles. The number of likely N-dealkylation sites (N-methyl/N-ethyl adjacent to an activating group) is 1. The van der Waals surface area contributed by atoms with E-state index in [1.54, 1.807) is 0 Å². The van der Waals surface area contributed by atoms with Gasteiger partial charge in [0.15, 0.2) is 0 Å². The molecular formula is C13H29Cl2N3O. The Hall–Kier alpha value is -0.0300. The van der Waals surface area contributed by atoms with E-state index in [1.807, 2.05) is 6.92 Å². The summed E-state index contributed by atoms with van der Waals surface area (Å²) in [4.78, 5) is 14.3. The average molecular weight is 314 g/mol. The molecule has 116 valence electrons. The van der Waals surface area contributed by atoms with Gasteiger partial charge in [-0.3, -0.25) is 9.69 Å². The second-order valence-electron chi connectivity index (χ2n) is 4.77. The second kappa shape index (κ2) is 13.0. The number of carbonyl (C=O) groups excluding carboxylic acids is 1. The van der Waals surface area contributed by atoms with Gasteiger partial charge >= 0.3 is 0 Å². The molecule has 2 N–H and O–H groups in total. The topological polar surface area (TPSA) is 44.4 Å². The first-order chi connectivity index (χ1) is 8.25. The van der Waals surface area contributed by atoms with Crippen molar-refractivity contribution < 1.29 is 4.79 Å². The summed E-state index contributed by atoms with van der Waals surface area (Å²) in [6, 6.07) is 0.0229. The maximum Gasteiger partial charge on any atom is 0.237 e. The zero-order valence-electron chi connectivity index (χ0n) is 12.1. The van der Waals surface area contributed by atoms with Crippen LogP contribution in [0.4, 0.5) is 0 Å². The third-order valence-electron chi connectivity index (χ3n) is 3.42. The van der Waals surface area contributed by atoms with Crippen LogP contribution in [0, 0.1) is 0 Å². The Bertz CT molecular complexity index is 222. The van der Waals surface area contributed by atoms with Gasteiger partial charge < -0.3 is 10.6 Å². The van der Waals surface area contributed by atoms with Crippen molar-refractivity contribution in [2.45, 2.75) is 45.6 Å². The third-order valence-corrected chi connectivity index (χ3v) is 3.42. The van der Waals surface area contributed by atoms with E-state index in [0.717, 1.165) is 32.7 Å². The highest BCUT2D eigenvalue weighted by atomic mass is 35.5. The van der Waals surface area contributed by atoms with Gasteiger partial charge in [0.05, 0.1) is 6.04 Å². The number of nitrogens with one attached hydrogen (secondary N) is 2. The van der Waals surface area contributed by atoms with Gasteiger partial charge in [0.1, 0.15) is 0 Å². The summed E-state index contributed by atoms with van der Waals surface area (Å²) in [5, 5.41) is 6.20. The molecule has 1 amide bonds. The predicted octanol–water partition coefficient (Wildman–Crippen LogP) is 1.82. The van der Waals surface area contributed by atoms with Crippen LogP contribution in [0.25, 0.3) is 0 Å². The van der Waals surface area contributed by atoms with Crippen molar-refractivity contribution in [1.82, 2.24) is 15.5 Å². The van der Waals surface area contributed by atoms with Gasteiger partial charge in [-0.05, 0) is 39.4 Å². The molecule has 4 nitrogen and oxygen atoms in total. The second-order valence-corrected chi connectivity index (χ2v) is 4.77. The number of halogens is 2. The summed E-state index contributed by atoms with van der Waals surface area (Å²) in [6.07, 6.45) is 5.08. The highest BCUT2D eigenvalue weighted by Gasteiger charge is 2.21. The van der Waals surface area contributed by atoms with Gasteiger partial charge in [-0.2, -0.15) is 0 Å². The molecule has 19 heavy (non-hydrogen) atoms. The monoisotopic (exact) mass is 313 g/mol. The molecule has 1 aliphatic heterocycles. The van der Waals surface area contributed by atoms with Crippen LogP contribution in [0.2, 0.25) is 0 Å². The smallest absolute Gasteiger partial charge is 0.237 e. The molecule has 1 heterocycles. The molecule has 0 aromatic rings. The van der Waals surface area contributed by atoms with Crippen LogP contribution < -0.4 is 10.6 Å². The Kier molecular flexibility index (Phi) is 14.5. The number of rotatable bonds is 6. The number of hydrogen-bond acceptors (Lipinski definition) is 3. The quantitative estimate of drug-likeness (QED) is 0.735. The summed E-state index contributed by atoms with van der Waals surface area (Å²) >= 11 is 0. The largest absolute Gasteiger partial charge is 0.353 e. The standard InChI is InChI=1S/C13H27N3O.2ClH/c1-3-14-8-9-15-13(17)12(2)16-10-6-4-5-7-11-16;;/h12,14H,3-11H2,1-2H3,(H,15,17);2*1H. The van der Waals surface area contributed by atoms with Crippen molar-refractivity contribution in [3.8, 4) is 0 Å². The first kappa shape index (κ1) is 21.3. The van der Waals surface area contributed by atoms with Gasteiger partial charge in [-0.15, -0.1) is 24.8 Å². The molecule has 1 fully saturated rings. The van der Waals surface area contributed by atoms with E-state index in [-0.39, 0.29) is 36.8 Å². The maximum atomic E-state index is 11.9. The molecule has 0 aliphatic carbocycles. The van der Waals surface area contributed by atoms with Crippen LogP contribution >= 0.6 is 24.8 Å². The Balaban J connectivity index is 0. The van der Waals surface area contributed by atoms with E-state index in [4.69, 9.17) is 0 Å². The zero-order valence-corrected chi connectivity index (χ0v) is 13.7. The number of hydrogen-bond donors (Lipinski definition) is 2. The van der Waals surface area contributed by atoms with Crippen molar-refractivity contribution in [2.24, 2.45) is 0 Å². The molecular weight excluding hydrogens is 285 g/mol. The fourth-order valence-corrected chi connectivity index (χ4v) is 2.25. The lowest BCUT2D eigenvalue weighted by Gasteiger charge is -2.26. The van der Waals surface area contributed by atoms with Gasteiger partial charge in [-0.1, -0.05) is 19.8 Å². The zero-order chi connectivity index (χ0) is 12.5. The highest BCUT2D eigenvalue weighted by Crippen LogP contribution is 2.12. The van der Waals surface area contributed by atoms with E-state index >= 15 is 0 Å². The number of likely N-dealkylation sites (tertiary alicyclic amines) is 1. The molecule has 1 aliphatic rings. The first-order valence-corrected chi connectivity index (χ1v) is 6.98. The van der Waals surface area contributed by atoms with Crippen molar-refractivity contribution in [1.29, 1.82) is 0 Å². The summed E-state index contributed by atoms with van der Waals surface area (Å²) < 4.78 is 0. The number of nitrogens with zero attached hydrogens (tertiary/aromatic N) is 1.